The number of fused-ring (bicyclic) bond motifs is 1. The minimum Gasteiger partial charge on any atom is -0.304 e. The number of carbonyl (C=O) groups excluding carboxylic acids is 2. The van der Waals surface area contributed by atoms with Gasteiger partial charge in [-0.05, 0) is 57.8 Å². The molecule has 1 unspecified atom stereocenters. The summed E-state index contributed by atoms with van der Waals surface area (Å²) in [6.45, 7) is 7.45. The van der Waals surface area contributed by atoms with Gasteiger partial charge in [0.15, 0.2) is 0 Å². The maximum Gasteiger partial charge on any atom is 0.262 e. The van der Waals surface area contributed by atoms with Crippen LogP contribution in [0, 0.1) is 6.92 Å². The van der Waals surface area contributed by atoms with Crippen LogP contribution in [-0.4, -0.2) is 70.9 Å². The van der Waals surface area contributed by atoms with E-state index in [1.54, 1.807) is 6.92 Å². The van der Waals surface area contributed by atoms with Crippen LogP contribution in [0.2, 0.25) is 0 Å². The summed E-state index contributed by atoms with van der Waals surface area (Å²) in [7, 11) is 2.17. The van der Waals surface area contributed by atoms with Gasteiger partial charge in [0.25, 0.3) is 5.56 Å². The van der Waals surface area contributed by atoms with Crippen LogP contribution in [0.15, 0.2) is 23.0 Å². The molecule has 2 amide bonds. The van der Waals surface area contributed by atoms with Gasteiger partial charge in [-0.25, -0.2) is 4.98 Å². The van der Waals surface area contributed by atoms with Crippen LogP contribution in [0.3, 0.4) is 0 Å². The number of nitrogens with one attached hydrogen (secondary N) is 1. The van der Waals surface area contributed by atoms with E-state index in [1.165, 1.54) is 4.57 Å². The van der Waals surface area contributed by atoms with Crippen molar-refractivity contribution in [2.75, 3.05) is 39.8 Å². The lowest BCUT2D eigenvalue weighted by Crippen LogP contribution is -2.45. The predicted molar refractivity (Wildman–Crippen MR) is 124 cm³/mol. The smallest absolute Gasteiger partial charge is 0.262 e. The summed E-state index contributed by atoms with van der Waals surface area (Å²) in [6, 6.07) is 5.11. The lowest BCUT2D eigenvalue weighted by molar-refractivity contribution is -0.135. The van der Waals surface area contributed by atoms with Gasteiger partial charge in [-0.1, -0.05) is 18.6 Å². The van der Waals surface area contributed by atoms with E-state index in [0.29, 0.717) is 23.1 Å². The van der Waals surface area contributed by atoms with Crippen molar-refractivity contribution in [1.29, 1.82) is 0 Å². The molecule has 172 valence electrons. The van der Waals surface area contributed by atoms with E-state index in [4.69, 9.17) is 0 Å². The highest BCUT2D eigenvalue weighted by atomic mass is 16.2. The number of piperidine rings is 1. The molecular weight excluding hydrogens is 406 g/mol. The van der Waals surface area contributed by atoms with Crippen molar-refractivity contribution in [2.24, 2.45) is 0 Å². The number of rotatable bonds is 7. The molecule has 2 fully saturated rings. The van der Waals surface area contributed by atoms with E-state index in [1.807, 2.05) is 18.2 Å². The van der Waals surface area contributed by atoms with Gasteiger partial charge in [-0.2, -0.15) is 0 Å². The summed E-state index contributed by atoms with van der Waals surface area (Å²) in [5.41, 5.74) is 1.47. The van der Waals surface area contributed by atoms with Gasteiger partial charge in [0.05, 0.1) is 10.9 Å². The standard InChI is InChI=1S/C24H33N5O3/c1-17-25-19-9-6-8-18(7-4-3-5-12-28-15-13-27(2)14-16-28)22(19)24(32)29(17)20-10-11-21(30)26-23(20)31/h6,8-9,20H,3-5,7,10-16H2,1-2H3,(H,26,30,31). The number of likely N-dealkylation sites (N-methyl/N-ethyl adjacent to an activating group) is 1. The van der Waals surface area contributed by atoms with Crippen molar-refractivity contribution < 1.29 is 9.59 Å². The number of aryl methyl sites for hydroxylation is 2. The fraction of sp³-hybridized carbons (Fsp3) is 0.583. The summed E-state index contributed by atoms with van der Waals surface area (Å²) >= 11 is 0. The molecular formula is C24H33N5O3. The molecule has 0 radical (unpaired) electrons. The van der Waals surface area contributed by atoms with Crippen molar-refractivity contribution in [3.8, 4) is 0 Å². The molecule has 1 aromatic heterocycles. The van der Waals surface area contributed by atoms with Crippen LogP contribution in [0.25, 0.3) is 10.9 Å². The zero-order chi connectivity index (χ0) is 22.7. The quantitative estimate of drug-likeness (QED) is 0.521. The molecule has 0 spiro atoms. The van der Waals surface area contributed by atoms with E-state index in [0.717, 1.165) is 64.0 Å². The Hall–Kier alpha value is -2.58. The van der Waals surface area contributed by atoms with E-state index >= 15 is 0 Å². The van der Waals surface area contributed by atoms with Crippen LogP contribution >= 0.6 is 0 Å². The number of benzene rings is 1. The van der Waals surface area contributed by atoms with Gasteiger partial charge in [0.2, 0.25) is 11.8 Å². The highest BCUT2D eigenvalue weighted by molar-refractivity contribution is 5.99. The molecule has 3 heterocycles. The Kier molecular flexibility index (Phi) is 7.01. The van der Waals surface area contributed by atoms with Crippen LogP contribution in [0.4, 0.5) is 0 Å². The van der Waals surface area contributed by atoms with Crippen LogP contribution in [-0.2, 0) is 16.0 Å². The molecule has 1 N–H and O–H groups in total. The average molecular weight is 440 g/mol. The molecule has 2 aliphatic heterocycles. The minimum atomic E-state index is -0.686. The molecule has 1 aromatic carbocycles. The Morgan fingerprint density at radius 1 is 1.06 bits per heavy atom. The van der Waals surface area contributed by atoms with Gasteiger partial charge >= 0.3 is 0 Å². The SMILES string of the molecule is Cc1nc2cccc(CCCCCN3CCN(C)CC3)c2c(=O)n1C1CCC(=O)NC1=O. The van der Waals surface area contributed by atoms with E-state index in [2.05, 4.69) is 27.1 Å². The molecule has 0 aliphatic carbocycles. The fourth-order valence-electron chi connectivity index (χ4n) is 4.83. The Morgan fingerprint density at radius 3 is 2.59 bits per heavy atom. The zero-order valence-electron chi connectivity index (χ0n) is 19.1. The predicted octanol–water partition coefficient (Wildman–Crippen LogP) is 1.64. The van der Waals surface area contributed by atoms with E-state index in [-0.39, 0.29) is 17.9 Å². The number of nitrogens with zero attached hydrogens (tertiary/aromatic N) is 4. The minimum absolute atomic E-state index is 0.185. The topological polar surface area (TPSA) is 87.5 Å². The van der Waals surface area contributed by atoms with Crippen molar-refractivity contribution in [1.82, 2.24) is 24.7 Å². The number of amides is 2. The van der Waals surface area contributed by atoms with Crippen molar-refractivity contribution in [3.63, 3.8) is 0 Å². The molecule has 2 saturated heterocycles. The first-order chi connectivity index (χ1) is 15.4. The summed E-state index contributed by atoms with van der Waals surface area (Å²) in [5, 5.41) is 2.95. The summed E-state index contributed by atoms with van der Waals surface area (Å²) in [5.74, 6) is -0.210. The lowest BCUT2D eigenvalue weighted by atomic mass is 10.0. The van der Waals surface area contributed by atoms with Gasteiger partial charge < -0.3 is 9.80 Å². The van der Waals surface area contributed by atoms with Crippen LogP contribution in [0.1, 0.15) is 49.5 Å². The third kappa shape index (κ3) is 4.91. The monoisotopic (exact) mass is 439 g/mol. The average Bonchev–Trinajstić information content (AvgIpc) is 2.76. The molecule has 1 atom stereocenters. The number of hydrogen-bond acceptors (Lipinski definition) is 6. The molecule has 0 saturated carbocycles. The Morgan fingerprint density at radius 2 is 1.84 bits per heavy atom. The van der Waals surface area contributed by atoms with Crippen molar-refractivity contribution >= 4 is 22.7 Å². The Bertz CT molecular complexity index is 1060. The summed E-state index contributed by atoms with van der Waals surface area (Å²) < 4.78 is 1.47. The van der Waals surface area contributed by atoms with Gasteiger partial charge in [-0.15, -0.1) is 0 Å². The van der Waals surface area contributed by atoms with Crippen molar-refractivity contribution in [3.05, 3.63) is 39.9 Å². The van der Waals surface area contributed by atoms with Gasteiger partial charge in [-0.3, -0.25) is 24.3 Å². The summed E-state index contributed by atoms with van der Waals surface area (Å²) in [4.78, 5) is 46.9. The maximum atomic E-state index is 13.5. The first kappa shape index (κ1) is 22.6. The third-order valence-corrected chi connectivity index (χ3v) is 6.73. The number of unbranched alkanes of at least 4 members (excludes halogenated alkanes) is 2. The van der Waals surface area contributed by atoms with Crippen LogP contribution < -0.4 is 10.9 Å². The molecule has 2 aliphatic rings. The fourth-order valence-corrected chi connectivity index (χ4v) is 4.83. The number of aromatic nitrogens is 2. The Balaban J connectivity index is 1.46. The van der Waals surface area contributed by atoms with Crippen LogP contribution in [0.5, 0.6) is 0 Å². The second kappa shape index (κ2) is 9.92. The number of imide groups is 1. The number of hydrogen-bond donors (Lipinski definition) is 1. The first-order valence-electron chi connectivity index (χ1n) is 11.7. The molecule has 8 heteroatoms. The second-order valence-corrected chi connectivity index (χ2v) is 9.07. The van der Waals surface area contributed by atoms with Gasteiger partial charge in [0.1, 0.15) is 11.9 Å². The number of piperazine rings is 1. The van der Waals surface area contributed by atoms with E-state index in [9.17, 15) is 14.4 Å². The molecule has 4 rings (SSSR count). The maximum absolute atomic E-state index is 13.5. The molecule has 8 nitrogen and oxygen atoms in total. The van der Waals surface area contributed by atoms with E-state index < -0.39 is 11.9 Å². The molecule has 2 aromatic rings. The number of carbonyl (C=O) groups is 2. The van der Waals surface area contributed by atoms with Crippen molar-refractivity contribution in [2.45, 2.75) is 51.5 Å². The molecule has 0 bridgehead atoms. The highest BCUT2D eigenvalue weighted by Crippen LogP contribution is 2.22. The normalized spacial score (nSPS) is 20.6. The Labute approximate surface area is 188 Å². The second-order valence-electron chi connectivity index (χ2n) is 9.07. The lowest BCUT2D eigenvalue weighted by Gasteiger charge is -2.32. The zero-order valence-corrected chi connectivity index (χ0v) is 19.1. The first-order valence-corrected chi connectivity index (χ1v) is 11.7. The summed E-state index contributed by atoms with van der Waals surface area (Å²) in [6.07, 6.45) is 4.66. The largest absolute Gasteiger partial charge is 0.304 e. The highest BCUT2D eigenvalue weighted by Gasteiger charge is 2.30. The van der Waals surface area contributed by atoms with Gasteiger partial charge in [0, 0.05) is 32.6 Å². The molecule has 32 heavy (non-hydrogen) atoms. The third-order valence-electron chi connectivity index (χ3n) is 6.73.